The Morgan fingerprint density at radius 2 is 2.05 bits per heavy atom. The first kappa shape index (κ1) is 15.9. The highest BCUT2D eigenvalue weighted by Crippen LogP contribution is 2.46. The van der Waals surface area contributed by atoms with Crippen molar-refractivity contribution in [3.8, 4) is 5.75 Å². The van der Waals surface area contributed by atoms with Gasteiger partial charge in [-0.3, -0.25) is 4.79 Å². The number of rotatable bonds is 6. The Kier molecular flexibility index (Phi) is 4.92. The summed E-state index contributed by atoms with van der Waals surface area (Å²) in [4.78, 5) is 11.5. The number of benzene rings is 1. The molecule has 0 aromatic heterocycles. The predicted molar refractivity (Wildman–Crippen MR) is 83.7 cm³/mol. The van der Waals surface area contributed by atoms with E-state index in [4.69, 9.17) is 9.47 Å². The molecule has 1 aliphatic rings. The van der Waals surface area contributed by atoms with Crippen molar-refractivity contribution in [1.82, 2.24) is 0 Å². The summed E-state index contributed by atoms with van der Waals surface area (Å²) in [6, 6.07) is 4.37. The molecule has 0 bridgehead atoms. The van der Waals surface area contributed by atoms with Crippen LogP contribution in [0.1, 0.15) is 49.3 Å². The maximum atomic E-state index is 11.5. The fourth-order valence-electron chi connectivity index (χ4n) is 3.18. The first-order valence-corrected chi connectivity index (χ1v) is 7.79. The number of hydrogen-bond acceptors (Lipinski definition) is 3. The topological polar surface area (TPSA) is 35.5 Å². The lowest BCUT2D eigenvalue weighted by atomic mass is 9.90. The Bertz CT molecular complexity index is 521. The summed E-state index contributed by atoms with van der Waals surface area (Å²) in [5.41, 5.74) is 3.82. The summed E-state index contributed by atoms with van der Waals surface area (Å²) in [6.07, 6.45) is 2.03. The summed E-state index contributed by atoms with van der Waals surface area (Å²) < 4.78 is 10.5. The van der Waals surface area contributed by atoms with E-state index in [1.54, 1.807) is 0 Å². The monoisotopic (exact) mass is 290 g/mol. The van der Waals surface area contributed by atoms with Gasteiger partial charge in [-0.2, -0.15) is 0 Å². The van der Waals surface area contributed by atoms with E-state index >= 15 is 0 Å². The van der Waals surface area contributed by atoms with Crippen molar-refractivity contribution in [2.24, 2.45) is 11.8 Å². The second-order valence-electron chi connectivity index (χ2n) is 6.17. The minimum atomic E-state index is -0.0493. The highest BCUT2D eigenvalue weighted by Gasteiger charge is 2.44. The zero-order chi connectivity index (χ0) is 15.6. The van der Waals surface area contributed by atoms with E-state index in [0.29, 0.717) is 18.4 Å². The van der Waals surface area contributed by atoms with Crippen LogP contribution >= 0.6 is 0 Å². The fourth-order valence-corrected chi connectivity index (χ4v) is 3.18. The highest BCUT2D eigenvalue weighted by molar-refractivity contribution is 5.75. The Morgan fingerprint density at radius 1 is 1.33 bits per heavy atom. The van der Waals surface area contributed by atoms with Crippen LogP contribution in [-0.4, -0.2) is 19.7 Å². The summed E-state index contributed by atoms with van der Waals surface area (Å²) in [5, 5.41) is 0. The second-order valence-corrected chi connectivity index (χ2v) is 6.17. The lowest BCUT2D eigenvalue weighted by molar-refractivity contribution is -0.142. The van der Waals surface area contributed by atoms with E-state index in [0.717, 1.165) is 18.6 Å². The molecule has 0 heterocycles. The molecule has 1 aliphatic carbocycles. The average Bonchev–Trinajstić information content (AvgIpc) is 3.21. The van der Waals surface area contributed by atoms with E-state index in [9.17, 15) is 4.79 Å². The van der Waals surface area contributed by atoms with E-state index < -0.39 is 0 Å². The van der Waals surface area contributed by atoms with Crippen molar-refractivity contribution >= 4 is 5.97 Å². The van der Waals surface area contributed by atoms with Gasteiger partial charge in [0.2, 0.25) is 0 Å². The molecule has 1 aromatic rings. The van der Waals surface area contributed by atoms with Crippen molar-refractivity contribution in [3.05, 3.63) is 28.8 Å². The molecule has 1 saturated carbocycles. The molecule has 0 saturated heterocycles. The molecule has 0 N–H and O–H groups in total. The summed E-state index contributed by atoms with van der Waals surface area (Å²) >= 11 is 0. The van der Waals surface area contributed by atoms with Crippen LogP contribution in [0.2, 0.25) is 0 Å². The lowest BCUT2D eigenvalue weighted by Crippen LogP contribution is -2.06. The van der Waals surface area contributed by atoms with Crippen LogP contribution in [0.25, 0.3) is 0 Å². The van der Waals surface area contributed by atoms with Crippen molar-refractivity contribution in [2.45, 2.75) is 46.5 Å². The standard InChI is InChI=1S/C18H26O3/c1-6-21-17-9-12(3)15(8-13(17)4)11(2)7-14-10-16(14)18(19)20-5/h8-9,11,14,16H,6-7,10H2,1-5H3. The van der Waals surface area contributed by atoms with Crippen LogP contribution in [0, 0.1) is 25.7 Å². The lowest BCUT2D eigenvalue weighted by Gasteiger charge is -2.18. The quantitative estimate of drug-likeness (QED) is 0.743. The van der Waals surface area contributed by atoms with Crippen molar-refractivity contribution < 1.29 is 14.3 Å². The smallest absolute Gasteiger partial charge is 0.308 e. The van der Waals surface area contributed by atoms with Crippen LogP contribution in [0.15, 0.2) is 12.1 Å². The Hall–Kier alpha value is -1.51. The SMILES string of the molecule is CCOc1cc(C)c(C(C)CC2CC2C(=O)OC)cc1C. The average molecular weight is 290 g/mol. The zero-order valence-electron chi connectivity index (χ0n) is 13.7. The number of hydrogen-bond donors (Lipinski definition) is 0. The van der Waals surface area contributed by atoms with Crippen molar-refractivity contribution in [1.29, 1.82) is 0 Å². The Morgan fingerprint density at radius 3 is 2.67 bits per heavy atom. The maximum Gasteiger partial charge on any atom is 0.308 e. The summed E-state index contributed by atoms with van der Waals surface area (Å²) in [5.74, 6) is 2.00. The maximum absolute atomic E-state index is 11.5. The van der Waals surface area contributed by atoms with Gasteiger partial charge in [0.25, 0.3) is 0 Å². The number of aryl methyl sites for hydroxylation is 2. The van der Waals surface area contributed by atoms with Gasteiger partial charge in [0, 0.05) is 0 Å². The molecule has 3 atom stereocenters. The third-order valence-corrected chi connectivity index (χ3v) is 4.48. The van der Waals surface area contributed by atoms with Gasteiger partial charge in [0.05, 0.1) is 19.6 Å². The van der Waals surface area contributed by atoms with Gasteiger partial charge in [-0.1, -0.05) is 13.0 Å². The third-order valence-electron chi connectivity index (χ3n) is 4.48. The molecule has 3 nitrogen and oxygen atoms in total. The minimum absolute atomic E-state index is 0.0493. The molecule has 1 fully saturated rings. The molecule has 21 heavy (non-hydrogen) atoms. The van der Waals surface area contributed by atoms with Gasteiger partial charge in [0.15, 0.2) is 0 Å². The van der Waals surface area contributed by atoms with Gasteiger partial charge >= 0.3 is 5.97 Å². The van der Waals surface area contributed by atoms with Crippen LogP contribution in [-0.2, 0) is 9.53 Å². The number of carbonyl (C=O) groups excluding carboxylic acids is 1. The molecule has 116 valence electrons. The van der Waals surface area contributed by atoms with Crippen LogP contribution in [0.4, 0.5) is 0 Å². The van der Waals surface area contributed by atoms with Gasteiger partial charge in [-0.05, 0) is 68.2 Å². The molecule has 3 unspecified atom stereocenters. The van der Waals surface area contributed by atoms with Crippen molar-refractivity contribution in [2.75, 3.05) is 13.7 Å². The molecule has 3 heteroatoms. The largest absolute Gasteiger partial charge is 0.494 e. The molecule has 2 rings (SSSR count). The number of ether oxygens (including phenoxy) is 2. The third kappa shape index (κ3) is 3.58. The van der Waals surface area contributed by atoms with E-state index in [1.807, 2.05) is 6.92 Å². The van der Waals surface area contributed by atoms with Crippen molar-refractivity contribution in [3.63, 3.8) is 0 Å². The molecule has 0 radical (unpaired) electrons. The van der Waals surface area contributed by atoms with Gasteiger partial charge in [-0.15, -0.1) is 0 Å². The van der Waals surface area contributed by atoms with Crippen LogP contribution in [0.5, 0.6) is 5.75 Å². The first-order valence-electron chi connectivity index (χ1n) is 7.79. The Balaban J connectivity index is 2.05. The molecule has 0 aliphatic heterocycles. The van der Waals surface area contributed by atoms with Gasteiger partial charge in [-0.25, -0.2) is 0 Å². The fraction of sp³-hybridized carbons (Fsp3) is 0.611. The normalized spacial score (nSPS) is 21.8. The van der Waals surface area contributed by atoms with E-state index in [2.05, 4.69) is 32.9 Å². The summed E-state index contributed by atoms with van der Waals surface area (Å²) in [6.45, 7) is 9.17. The van der Waals surface area contributed by atoms with Gasteiger partial charge in [0.1, 0.15) is 5.75 Å². The Labute approximate surface area is 127 Å². The summed E-state index contributed by atoms with van der Waals surface area (Å²) in [7, 11) is 1.47. The number of esters is 1. The second kappa shape index (κ2) is 6.50. The highest BCUT2D eigenvalue weighted by atomic mass is 16.5. The van der Waals surface area contributed by atoms with E-state index in [1.165, 1.54) is 23.8 Å². The number of carbonyl (C=O) groups is 1. The van der Waals surface area contributed by atoms with Crippen LogP contribution in [0.3, 0.4) is 0 Å². The molecular weight excluding hydrogens is 264 g/mol. The minimum Gasteiger partial charge on any atom is -0.494 e. The van der Waals surface area contributed by atoms with Crippen LogP contribution < -0.4 is 4.74 Å². The molecule has 0 spiro atoms. The first-order chi connectivity index (χ1) is 9.97. The number of methoxy groups -OCH3 is 1. The molecule has 0 amide bonds. The predicted octanol–water partition coefficient (Wildman–Crippen LogP) is 4.00. The van der Waals surface area contributed by atoms with E-state index in [-0.39, 0.29) is 11.9 Å². The van der Waals surface area contributed by atoms with Gasteiger partial charge < -0.3 is 9.47 Å². The molecule has 1 aromatic carbocycles. The zero-order valence-corrected chi connectivity index (χ0v) is 13.7. The molecular formula is C18H26O3.